The van der Waals surface area contributed by atoms with Gasteiger partial charge in [-0.05, 0) is 19.0 Å². The van der Waals surface area contributed by atoms with Gasteiger partial charge in [0.05, 0.1) is 18.4 Å². The Bertz CT molecular complexity index is 355. The van der Waals surface area contributed by atoms with Gasteiger partial charge < -0.3 is 19.8 Å². The molecule has 1 heterocycles. The molecule has 1 aromatic heterocycles. The van der Waals surface area contributed by atoms with E-state index in [1.54, 1.807) is 24.3 Å². The molecule has 0 aliphatic heterocycles. The average molecular weight is 254 g/mol. The Morgan fingerprint density at radius 2 is 2.28 bits per heavy atom. The topological polar surface area (TPSA) is 68.7 Å². The Balaban J connectivity index is 2.73. The first-order valence-electron chi connectivity index (χ1n) is 6.29. The van der Waals surface area contributed by atoms with E-state index in [0.29, 0.717) is 38.2 Å². The van der Waals surface area contributed by atoms with Crippen LogP contribution in [-0.4, -0.2) is 44.2 Å². The fraction of sp³-hybridized carbons (Fsp3) is 0.615. The Morgan fingerprint density at radius 1 is 1.50 bits per heavy atom. The van der Waals surface area contributed by atoms with Gasteiger partial charge in [-0.15, -0.1) is 0 Å². The zero-order chi connectivity index (χ0) is 13.4. The lowest BCUT2D eigenvalue weighted by molar-refractivity contribution is 0.0692. The van der Waals surface area contributed by atoms with Crippen molar-refractivity contribution in [2.45, 2.75) is 19.8 Å². The Kier molecular flexibility index (Phi) is 6.46. The highest BCUT2D eigenvalue weighted by molar-refractivity contribution is 5.95. The highest BCUT2D eigenvalue weighted by Gasteiger charge is 2.19. The number of carbonyl (C=O) groups is 1. The largest absolute Gasteiger partial charge is 0.469 e. The third-order valence-corrected chi connectivity index (χ3v) is 2.78. The Hall–Kier alpha value is -1.33. The van der Waals surface area contributed by atoms with Crippen LogP contribution in [0.3, 0.4) is 0 Å². The highest BCUT2D eigenvalue weighted by atomic mass is 16.5. The van der Waals surface area contributed by atoms with Crippen LogP contribution >= 0.6 is 0 Å². The molecule has 1 amide bonds. The Labute approximate surface area is 108 Å². The molecular formula is C13H22N2O3. The minimum absolute atomic E-state index is 0.00824. The molecule has 5 nitrogen and oxygen atoms in total. The standard InChI is InChI=1S/C13H22N2O3/c1-3-12-11(5-9-18-12)13(16)15(7-4-6-14)8-10-17-2/h5,9H,3-4,6-8,10,14H2,1-2H3. The molecule has 5 heteroatoms. The summed E-state index contributed by atoms with van der Waals surface area (Å²) < 4.78 is 10.3. The molecule has 0 saturated carbocycles. The average Bonchev–Trinajstić information content (AvgIpc) is 2.86. The van der Waals surface area contributed by atoms with Crippen LogP contribution in [0.15, 0.2) is 16.7 Å². The first-order chi connectivity index (χ1) is 8.74. The molecule has 0 saturated heterocycles. The molecule has 0 atom stereocenters. The zero-order valence-electron chi connectivity index (χ0n) is 11.1. The smallest absolute Gasteiger partial charge is 0.257 e. The van der Waals surface area contributed by atoms with Crippen molar-refractivity contribution >= 4 is 5.91 Å². The van der Waals surface area contributed by atoms with Crippen molar-refractivity contribution in [3.05, 3.63) is 23.7 Å². The van der Waals surface area contributed by atoms with Gasteiger partial charge in [-0.2, -0.15) is 0 Å². The molecule has 1 rings (SSSR count). The quantitative estimate of drug-likeness (QED) is 0.758. The predicted molar refractivity (Wildman–Crippen MR) is 69.5 cm³/mol. The van der Waals surface area contributed by atoms with Gasteiger partial charge >= 0.3 is 0 Å². The van der Waals surface area contributed by atoms with Crippen molar-refractivity contribution in [3.8, 4) is 0 Å². The summed E-state index contributed by atoms with van der Waals surface area (Å²) in [6.07, 6.45) is 3.06. The van der Waals surface area contributed by atoms with Gasteiger partial charge in [0.1, 0.15) is 5.76 Å². The number of nitrogens with two attached hydrogens (primary N) is 1. The van der Waals surface area contributed by atoms with Crippen LogP contribution in [0.2, 0.25) is 0 Å². The van der Waals surface area contributed by atoms with Crippen molar-refractivity contribution in [1.29, 1.82) is 0 Å². The molecule has 0 bridgehead atoms. The van der Waals surface area contributed by atoms with E-state index < -0.39 is 0 Å². The number of aryl methyl sites for hydroxylation is 1. The summed E-state index contributed by atoms with van der Waals surface area (Å²) >= 11 is 0. The molecule has 0 aliphatic carbocycles. The van der Waals surface area contributed by atoms with Gasteiger partial charge in [0, 0.05) is 26.6 Å². The van der Waals surface area contributed by atoms with E-state index in [4.69, 9.17) is 14.9 Å². The normalized spacial score (nSPS) is 10.6. The van der Waals surface area contributed by atoms with Crippen LogP contribution in [0.25, 0.3) is 0 Å². The summed E-state index contributed by atoms with van der Waals surface area (Å²) in [4.78, 5) is 14.1. The van der Waals surface area contributed by atoms with E-state index in [9.17, 15) is 4.79 Å². The van der Waals surface area contributed by atoms with E-state index in [-0.39, 0.29) is 5.91 Å². The lowest BCUT2D eigenvalue weighted by Crippen LogP contribution is -2.35. The van der Waals surface area contributed by atoms with Crippen LogP contribution in [0, 0.1) is 0 Å². The lowest BCUT2D eigenvalue weighted by Gasteiger charge is -2.22. The molecule has 0 radical (unpaired) electrons. The molecule has 2 N–H and O–H groups in total. The fourth-order valence-electron chi connectivity index (χ4n) is 1.77. The summed E-state index contributed by atoms with van der Waals surface area (Å²) in [6.45, 7) is 4.28. The van der Waals surface area contributed by atoms with Crippen LogP contribution in [0.5, 0.6) is 0 Å². The minimum Gasteiger partial charge on any atom is -0.469 e. The molecule has 0 spiro atoms. The van der Waals surface area contributed by atoms with Crippen molar-refractivity contribution in [3.63, 3.8) is 0 Å². The number of amides is 1. The molecule has 0 aromatic carbocycles. The number of carbonyl (C=O) groups excluding carboxylic acids is 1. The first-order valence-corrected chi connectivity index (χ1v) is 6.29. The number of rotatable bonds is 8. The summed E-state index contributed by atoms with van der Waals surface area (Å²) in [6, 6.07) is 1.73. The maximum absolute atomic E-state index is 12.4. The summed E-state index contributed by atoms with van der Waals surface area (Å²) in [5, 5.41) is 0. The van der Waals surface area contributed by atoms with E-state index in [0.717, 1.165) is 12.2 Å². The van der Waals surface area contributed by atoms with Crippen molar-refractivity contribution < 1.29 is 13.9 Å². The van der Waals surface area contributed by atoms with Gasteiger partial charge in [0.15, 0.2) is 0 Å². The third-order valence-electron chi connectivity index (χ3n) is 2.78. The molecular weight excluding hydrogens is 232 g/mol. The van der Waals surface area contributed by atoms with E-state index in [2.05, 4.69) is 0 Å². The molecule has 1 aromatic rings. The highest BCUT2D eigenvalue weighted by Crippen LogP contribution is 2.14. The molecule has 0 fully saturated rings. The van der Waals surface area contributed by atoms with E-state index >= 15 is 0 Å². The maximum atomic E-state index is 12.4. The van der Waals surface area contributed by atoms with Crippen LogP contribution in [0.1, 0.15) is 29.5 Å². The maximum Gasteiger partial charge on any atom is 0.257 e. The van der Waals surface area contributed by atoms with Crippen LogP contribution in [0.4, 0.5) is 0 Å². The fourth-order valence-corrected chi connectivity index (χ4v) is 1.77. The summed E-state index contributed by atoms with van der Waals surface area (Å²) in [5.74, 6) is 0.723. The van der Waals surface area contributed by atoms with Gasteiger partial charge in [0.2, 0.25) is 0 Å². The van der Waals surface area contributed by atoms with Crippen LogP contribution < -0.4 is 5.73 Å². The SMILES string of the molecule is CCc1occc1C(=O)N(CCCN)CCOC. The minimum atomic E-state index is -0.00824. The van der Waals surface area contributed by atoms with Gasteiger partial charge in [-0.25, -0.2) is 0 Å². The molecule has 102 valence electrons. The number of hydrogen-bond donors (Lipinski definition) is 1. The summed E-state index contributed by atoms with van der Waals surface area (Å²) in [7, 11) is 1.63. The van der Waals surface area contributed by atoms with Crippen molar-refractivity contribution in [2.24, 2.45) is 5.73 Å². The van der Waals surface area contributed by atoms with Crippen molar-refractivity contribution in [1.82, 2.24) is 4.90 Å². The number of hydrogen-bond acceptors (Lipinski definition) is 4. The molecule has 18 heavy (non-hydrogen) atoms. The monoisotopic (exact) mass is 254 g/mol. The number of furan rings is 1. The second-order valence-electron chi connectivity index (χ2n) is 4.04. The first kappa shape index (κ1) is 14.7. The number of methoxy groups -OCH3 is 1. The molecule has 0 aliphatic rings. The number of ether oxygens (including phenoxy) is 1. The van der Waals surface area contributed by atoms with Gasteiger partial charge in [-0.1, -0.05) is 6.92 Å². The lowest BCUT2D eigenvalue weighted by atomic mass is 10.2. The third kappa shape index (κ3) is 3.85. The second kappa shape index (κ2) is 7.89. The number of nitrogens with zero attached hydrogens (tertiary/aromatic N) is 1. The van der Waals surface area contributed by atoms with Crippen LogP contribution in [-0.2, 0) is 11.2 Å². The van der Waals surface area contributed by atoms with Crippen molar-refractivity contribution in [2.75, 3.05) is 33.4 Å². The van der Waals surface area contributed by atoms with E-state index in [1.807, 2.05) is 6.92 Å². The second-order valence-corrected chi connectivity index (χ2v) is 4.04. The van der Waals surface area contributed by atoms with E-state index in [1.165, 1.54) is 0 Å². The molecule has 0 unspecified atom stereocenters. The predicted octanol–water partition coefficient (Wildman–Crippen LogP) is 1.28. The Morgan fingerprint density at radius 3 is 2.89 bits per heavy atom. The zero-order valence-corrected chi connectivity index (χ0v) is 11.1. The van der Waals surface area contributed by atoms with Gasteiger partial charge in [-0.3, -0.25) is 4.79 Å². The summed E-state index contributed by atoms with van der Waals surface area (Å²) in [5.41, 5.74) is 6.14. The van der Waals surface area contributed by atoms with Gasteiger partial charge in [0.25, 0.3) is 5.91 Å².